The molecular formula is C2H7NS. The van der Waals surface area contributed by atoms with Crippen LogP contribution in [0.1, 0.15) is 0 Å². The molecule has 0 radical (unpaired) electrons. The van der Waals surface area contributed by atoms with Crippen LogP contribution in [-0.4, -0.2) is 13.3 Å². The van der Waals surface area contributed by atoms with E-state index in [-0.39, 0.29) is 0 Å². The van der Waals surface area contributed by atoms with Crippen molar-refractivity contribution in [3.63, 3.8) is 0 Å². The van der Waals surface area contributed by atoms with Gasteiger partial charge in [0.15, 0.2) is 0 Å². The van der Waals surface area contributed by atoms with E-state index >= 15 is 0 Å². The molecule has 0 saturated heterocycles. The third kappa shape index (κ3) is 2.31. The Morgan fingerprint density at radius 2 is 2.50 bits per heavy atom. The highest BCUT2D eigenvalue weighted by atomic mass is 32.2. The minimum absolute atomic E-state index is 1.29. The molecule has 0 aromatic heterocycles. The van der Waals surface area contributed by atoms with Gasteiger partial charge in [0.05, 0.1) is 0 Å². The first-order valence-corrected chi connectivity index (χ1v) is 2.22. The predicted molar refractivity (Wildman–Crippen MR) is 22.6 cm³/mol. The number of nitrogens with one attached hydrogen (secondary N) is 1. The summed E-state index contributed by atoms with van der Waals surface area (Å²) in [5.74, 6) is 0. The molecule has 0 fully saturated rings. The molecule has 0 heterocycles. The molecule has 0 atom stereocenters. The van der Waals surface area contributed by atoms with E-state index < -0.39 is 0 Å². The molecule has 1 N–H and O–H groups in total. The molecule has 0 aromatic carbocycles. The van der Waals surface area contributed by atoms with Gasteiger partial charge in [-0.05, 0) is 13.3 Å². The van der Waals surface area contributed by atoms with Crippen LogP contribution in [0.25, 0.3) is 0 Å². The summed E-state index contributed by atoms with van der Waals surface area (Å²) in [6.07, 6.45) is 1.85. The van der Waals surface area contributed by atoms with Gasteiger partial charge in [0.1, 0.15) is 1.41 Å². The van der Waals surface area contributed by atoms with E-state index in [0.717, 1.165) is 0 Å². The van der Waals surface area contributed by atoms with Crippen molar-refractivity contribution in [1.82, 2.24) is 4.72 Å². The van der Waals surface area contributed by atoms with E-state index in [2.05, 4.69) is 0 Å². The maximum atomic E-state index is 6.62. The molecule has 2 heteroatoms. The summed E-state index contributed by atoms with van der Waals surface area (Å²) in [6, 6.07) is 0. The van der Waals surface area contributed by atoms with Crippen LogP contribution in [0.15, 0.2) is 0 Å². The van der Waals surface area contributed by atoms with Gasteiger partial charge in [0.2, 0.25) is 0 Å². The summed E-state index contributed by atoms with van der Waals surface area (Å²) in [5.41, 5.74) is 0. The second kappa shape index (κ2) is 3.31. The Hall–Kier alpha value is 0.310. The molecule has 1 nitrogen and oxygen atoms in total. The van der Waals surface area contributed by atoms with Gasteiger partial charge in [0.25, 0.3) is 0 Å². The third-order valence-electron chi connectivity index (χ3n) is 0.183. The van der Waals surface area contributed by atoms with Crippen molar-refractivity contribution in [3.8, 4) is 0 Å². The largest absolute Gasteiger partial charge is 0.267 e. The van der Waals surface area contributed by atoms with Gasteiger partial charge in [-0.15, -0.1) is 0 Å². The fraction of sp³-hybridized carbons (Fsp3) is 1.00. The fourth-order valence-corrected chi connectivity index (χ4v) is 0. The lowest BCUT2D eigenvalue weighted by atomic mass is 11.6. The Balaban J connectivity index is 2.54. The number of hydrogen-bond donors (Lipinski definition) is 1. The van der Waals surface area contributed by atoms with Crippen LogP contribution in [-0.2, 0) is 0 Å². The molecule has 0 rings (SSSR count). The summed E-state index contributed by atoms with van der Waals surface area (Å²) < 4.78 is 7.91. The second-order valence-electron chi connectivity index (χ2n) is 0.365. The number of rotatable bonds is 1. The average molecular weight is 79.2 g/mol. The molecule has 0 aliphatic heterocycles. The van der Waals surface area contributed by atoms with Crippen LogP contribution in [0.3, 0.4) is 0 Å². The highest BCUT2D eigenvalue weighted by Gasteiger charge is 1.50. The van der Waals surface area contributed by atoms with Gasteiger partial charge in [-0.2, -0.15) is 0 Å². The van der Waals surface area contributed by atoms with Gasteiger partial charge in [0, 0.05) is 0 Å². The maximum absolute atomic E-state index is 6.62. The maximum Gasteiger partial charge on any atom is 0.135 e. The van der Waals surface area contributed by atoms with Crippen molar-refractivity contribution < 1.29 is 1.41 Å². The summed E-state index contributed by atoms with van der Waals surface area (Å²) in [4.78, 5) is 0. The topological polar surface area (TPSA) is 12.0 Å². The first-order chi connectivity index (χ1) is 2.27. The first-order valence-electron chi connectivity index (χ1n) is 1.49. The van der Waals surface area contributed by atoms with Crippen molar-refractivity contribution in [2.75, 3.05) is 13.3 Å². The van der Waals surface area contributed by atoms with Crippen LogP contribution in [0.4, 0.5) is 0 Å². The second-order valence-corrected chi connectivity index (χ2v) is 1.10. The van der Waals surface area contributed by atoms with Crippen LogP contribution in [0.5, 0.6) is 0 Å². The van der Waals surface area contributed by atoms with Crippen molar-refractivity contribution in [2.24, 2.45) is 0 Å². The highest BCUT2D eigenvalue weighted by Crippen LogP contribution is 1.70. The highest BCUT2D eigenvalue weighted by molar-refractivity contribution is 7.96. The molecule has 0 aliphatic carbocycles. The van der Waals surface area contributed by atoms with Crippen molar-refractivity contribution >= 4 is 11.9 Å². The molecule has 0 saturated carbocycles. The van der Waals surface area contributed by atoms with E-state index in [1.54, 1.807) is 7.05 Å². The summed E-state index contributed by atoms with van der Waals surface area (Å²) in [6.45, 7) is 0. The molecular weight excluding hydrogens is 70.1 g/mol. The summed E-state index contributed by atoms with van der Waals surface area (Å²) in [5, 5.41) is 0. The molecule has 0 aliphatic rings. The SMILES string of the molecule is [3H]N(C)SC. The Bertz CT molecular complexity index is 23.6. The first kappa shape index (κ1) is 2.54. The predicted octanol–water partition coefficient (Wildman–Crippen LogP) is 0.484. The van der Waals surface area contributed by atoms with Crippen LogP contribution in [0.2, 0.25) is 1.41 Å². The summed E-state index contributed by atoms with van der Waals surface area (Å²) in [7, 11) is 1.69. The molecule has 26 valence electrons. The minimum Gasteiger partial charge on any atom is -0.267 e. The van der Waals surface area contributed by atoms with E-state index in [1.165, 1.54) is 16.7 Å². The molecule has 0 aromatic rings. The summed E-state index contributed by atoms with van der Waals surface area (Å²) >= 11 is 1.38. The third-order valence-corrected chi connectivity index (χ3v) is 0.548. The number of hydrogen-bond acceptors (Lipinski definition) is 2. The zero-order chi connectivity index (χ0) is 4.28. The van der Waals surface area contributed by atoms with E-state index in [1.807, 2.05) is 6.26 Å². The molecule has 4 heavy (non-hydrogen) atoms. The van der Waals surface area contributed by atoms with Gasteiger partial charge in [-0.3, -0.25) is 4.72 Å². The Labute approximate surface area is 32.4 Å². The van der Waals surface area contributed by atoms with Gasteiger partial charge in [-0.25, -0.2) is 0 Å². The Morgan fingerprint density at radius 1 is 2.25 bits per heavy atom. The standard InChI is InChI=1S/C2H7NS/c1-3-4-2/h3H,1-2H3/i/hT. The fourth-order valence-electron chi connectivity index (χ4n) is 0. The average Bonchev–Trinajstić information content (AvgIpc) is 1.38. The zero-order valence-corrected chi connectivity index (χ0v) is 3.67. The lowest BCUT2D eigenvalue weighted by Crippen LogP contribution is -1.85. The Morgan fingerprint density at radius 3 is 2.50 bits per heavy atom. The Kier molecular flexibility index (Phi) is 2.10. The van der Waals surface area contributed by atoms with Crippen molar-refractivity contribution in [3.05, 3.63) is 0 Å². The van der Waals surface area contributed by atoms with Crippen LogP contribution >= 0.6 is 11.9 Å². The van der Waals surface area contributed by atoms with E-state index in [0.29, 0.717) is 0 Å². The smallest absolute Gasteiger partial charge is 0.135 e. The van der Waals surface area contributed by atoms with Crippen LogP contribution in [0, 0.1) is 0 Å². The quantitative estimate of drug-likeness (QED) is 0.459. The molecule has 0 spiro atoms. The lowest BCUT2D eigenvalue weighted by Gasteiger charge is -1.75. The molecule has 0 bridgehead atoms. The molecule has 0 amide bonds. The van der Waals surface area contributed by atoms with Gasteiger partial charge in [-0.1, -0.05) is 11.9 Å². The normalized spacial score (nSPS) is 12.2. The van der Waals surface area contributed by atoms with Crippen molar-refractivity contribution in [2.45, 2.75) is 0 Å². The zero-order valence-electron chi connectivity index (χ0n) is 3.86. The van der Waals surface area contributed by atoms with E-state index in [9.17, 15) is 0 Å². The minimum atomic E-state index is 1.29. The van der Waals surface area contributed by atoms with Gasteiger partial charge < -0.3 is 0 Å². The molecule has 0 unspecified atom stereocenters. The van der Waals surface area contributed by atoms with Gasteiger partial charge >= 0.3 is 0 Å². The lowest BCUT2D eigenvalue weighted by molar-refractivity contribution is 1.30. The van der Waals surface area contributed by atoms with Crippen molar-refractivity contribution in [1.29, 1.82) is 0 Å². The van der Waals surface area contributed by atoms with E-state index in [4.69, 9.17) is 1.41 Å². The monoisotopic (exact) mass is 79.0 g/mol. The van der Waals surface area contributed by atoms with Crippen LogP contribution < -0.4 is 4.72 Å².